The van der Waals surface area contributed by atoms with Crippen LogP contribution < -0.4 is 5.32 Å². The predicted octanol–water partition coefficient (Wildman–Crippen LogP) is 6.17. The minimum atomic E-state index is 0.851. The molecule has 0 aromatic carbocycles. The molecule has 0 spiro atoms. The van der Waals surface area contributed by atoms with Crippen LogP contribution >= 0.6 is 63.7 Å². The average molecular weight is 767 g/mol. The summed E-state index contributed by atoms with van der Waals surface area (Å²) in [5.74, 6) is 0. The van der Waals surface area contributed by atoms with E-state index in [0.29, 0.717) is 0 Å². The molecular weight excluding hydrogens is 734 g/mol. The fourth-order valence-corrected chi connectivity index (χ4v) is 4.00. The maximum atomic E-state index is 5.29. The summed E-state index contributed by atoms with van der Waals surface area (Å²) in [7, 11) is 0. The summed E-state index contributed by atoms with van der Waals surface area (Å²) in [6.07, 6.45) is 5.57. The molecule has 5 rings (SSSR count). The van der Waals surface area contributed by atoms with E-state index >= 15 is 0 Å². The van der Waals surface area contributed by atoms with Crippen LogP contribution in [0, 0.1) is 6.92 Å². The number of nitrogens with zero attached hydrogens (tertiary/aromatic N) is 4. The number of nitrogens with one attached hydrogen (secondary N) is 1. The van der Waals surface area contributed by atoms with Gasteiger partial charge in [0, 0.05) is 56.6 Å². The van der Waals surface area contributed by atoms with Crippen LogP contribution in [0.1, 0.15) is 16.7 Å². The lowest BCUT2D eigenvalue weighted by atomic mass is 10.2. The Balaban J connectivity index is 0.000000183. The molecule has 0 atom stereocenters. The third-order valence-corrected chi connectivity index (χ3v) is 7.02. The van der Waals surface area contributed by atoms with E-state index in [9.17, 15) is 0 Å². The Labute approximate surface area is 253 Å². The molecule has 2 fully saturated rings. The summed E-state index contributed by atoms with van der Waals surface area (Å²) >= 11 is 13.1. The summed E-state index contributed by atoms with van der Waals surface area (Å²) in [5.41, 5.74) is 3.64. The van der Waals surface area contributed by atoms with Crippen molar-refractivity contribution < 1.29 is 9.47 Å². The standard InChI is InChI=1S/C10H13BrN2O.C6H5Br2N.C6H6BrN.C4H9NO/c11-10-2-1-9(7-12-10)8-13-3-5-14-6-4-13;7-3-5-1-2-6(8)9-4-5;1-5-2-3-6(7)8-4-5;1-3-6-4-2-5-1/h1-2,7H,3-6,8H2;1-2,4H,3H2;2-4H,1H3;5H,1-4H2. The van der Waals surface area contributed by atoms with E-state index in [1.165, 1.54) is 16.7 Å². The Morgan fingerprint density at radius 2 is 1.24 bits per heavy atom. The molecule has 202 valence electrons. The van der Waals surface area contributed by atoms with Crippen LogP contribution in [0.15, 0.2) is 68.8 Å². The molecule has 0 radical (unpaired) electrons. The molecule has 2 saturated heterocycles. The Morgan fingerprint density at radius 3 is 1.62 bits per heavy atom. The molecule has 5 heterocycles. The minimum absolute atomic E-state index is 0.851. The molecule has 0 amide bonds. The van der Waals surface area contributed by atoms with Gasteiger partial charge in [0.2, 0.25) is 0 Å². The molecule has 0 saturated carbocycles. The predicted molar refractivity (Wildman–Crippen MR) is 163 cm³/mol. The largest absolute Gasteiger partial charge is 0.379 e. The molecule has 0 bridgehead atoms. The molecule has 7 nitrogen and oxygen atoms in total. The van der Waals surface area contributed by atoms with Gasteiger partial charge in [0.05, 0.1) is 26.4 Å². The van der Waals surface area contributed by atoms with E-state index < -0.39 is 0 Å². The highest BCUT2D eigenvalue weighted by atomic mass is 79.9. The summed E-state index contributed by atoms with van der Waals surface area (Å²) < 4.78 is 13.0. The maximum absolute atomic E-state index is 5.29. The van der Waals surface area contributed by atoms with Crippen molar-refractivity contribution in [3.8, 4) is 0 Å². The number of aromatic nitrogens is 3. The van der Waals surface area contributed by atoms with Crippen LogP contribution in [-0.2, 0) is 21.3 Å². The van der Waals surface area contributed by atoms with Gasteiger partial charge in [-0.15, -0.1) is 0 Å². The Kier molecular flexibility index (Phi) is 17.7. The number of hydrogen-bond donors (Lipinski definition) is 1. The van der Waals surface area contributed by atoms with Crippen molar-refractivity contribution in [2.45, 2.75) is 18.8 Å². The van der Waals surface area contributed by atoms with Crippen molar-refractivity contribution in [1.29, 1.82) is 0 Å². The van der Waals surface area contributed by atoms with Crippen molar-refractivity contribution in [2.75, 3.05) is 52.6 Å². The first-order valence-electron chi connectivity index (χ1n) is 11.9. The van der Waals surface area contributed by atoms with Gasteiger partial charge in [-0.05, 0) is 89.6 Å². The van der Waals surface area contributed by atoms with Crippen molar-refractivity contribution in [1.82, 2.24) is 25.2 Å². The summed E-state index contributed by atoms with van der Waals surface area (Å²) in [4.78, 5) is 14.6. The zero-order valence-electron chi connectivity index (χ0n) is 20.9. The quantitative estimate of drug-likeness (QED) is 0.253. The van der Waals surface area contributed by atoms with Crippen LogP contribution in [0.25, 0.3) is 0 Å². The van der Waals surface area contributed by atoms with Crippen LogP contribution in [0.2, 0.25) is 0 Å². The second-order valence-electron chi connectivity index (χ2n) is 8.02. The van der Waals surface area contributed by atoms with E-state index in [4.69, 9.17) is 9.47 Å². The van der Waals surface area contributed by atoms with Crippen LogP contribution in [0.3, 0.4) is 0 Å². The molecule has 11 heteroatoms. The zero-order valence-corrected chi connectivity index (χ0v) is 27.2. The van der Waals surface area contributed by atoms with Gasteiger partial charge in [0.25, 0.3) is 0 Å². The first kappa shape index (κ1) is 32.4. The van der Waals surface area contributed by atoms with Gasteiger partial charge in [0.15, 0.2) is 0 Å². The number of rotatable bonds is 3. The van der Waals surface area contributed by atoms with E-state index in [1.54, 1.807) is 0 Å². The molecule has 0 unspecified atom stereocenters. The van der Waals surface area contributed by atoms with Crippen molar-refractivity contribution in [3.05, 3.63) is 85.5 Å². The third kappa shape index (κ3) is 16.0. The number of morpholine rings is 2. The highest BCUT2D eigenvalue weighted by Crippen LogP contribution is 2.10. The lowest BCUT2D eigenvalue weighted by Gasteiger charge is -2.26. The van der Waals surface area contributed by atoms with Crippen LogP contribution in [-0.4, -0.2) is 72.5 Å². The van der Waals surface area contributed by atoms with E-state index in [1.807, 2.05) is 55.8 Å². The maximum Gasteiger partial charge on any atom is 0.106 e. The third-order valence-electron chi connectivity index (χ3n) is 4.96. The monoisotopic (exact) mass is 763 g/mol. The van der Waals surface area contributed by atoms with Crippen molar-refractivity contribution >= 4 is 63.7 Å². The molecule has 3 aromatic rings. The summed E-state index contributed by atoms with van der Waals surface area (Å²) in [6, 6.07) is 12.0. The number of aryl methyl sites for hydroxylation is 1. The number of halogens is 4. The Bertz CT molecular complexity index is 937. The molecule has 0 aliphatic carbocycles. The SMILES string of the molecule is BrCc1ccc(Br)nc1.Brc1ccc(CN2CCOCC2)cn1.C1COCCN1.Cc1ccc(Br)nc1. The second kappa shape index (κ2) is 20.2. The van der Waals surface area contributed by atoms with Gasteiger partial charge in [0.1, 0.15) is 13.8 Å². The first-order chi connectivity index (χ1) is 18.0. The van der Waals surface area contributed by atoms with E-state index in [2.05, 4.69) is 95.0 Å². The van der Waals surface area contributed by atoms with E-state index in [0.717, 1.165) is 78.3 Å². The van der Waals surface area contributed by atoms with Crippen LogP contribution in [0.5, 0.6) is 0 Å². The molecule has 1 N–H and O–H groups in total. The summed E-state index contributed by atoms with van der Waals surface area (Å²) in [5, 5.41) is 4.03. The molecule has 2 aliphatic rings. The Morgan fingerprint density at radius 1 is 0.730 bits per heavy atom. The zero-order chi connectivity index (χ0) is 26.7. The lowest BCUT2D eigenvalue weighted by molar-refractivity contribution is 0.0341. The smallest absolute Gasteiger partial charge is 0.106 e. The van der Waals surface area contributed by atoms with Gasteiger partial charge >= 0.3 is 0 Å². The van der Waals surface area contributed by atoms with E-state index in [-0.39, 0.29) is 0 Å². The van der Waals surface area contributed by atoms with Crippen molar-refractivity contribution in [3.63, 3.8) is 0 Å². The average Bonchev–Trinajstić information content (AvgIpc) is 2.95. The number of hydrogen-bond acceptors (Lipinski definition) is 7. The van der Waals surface area contributed by atoms with Gasteiger partial charge in [-0.2, -0.15) is 0 Å². The number of alkyl halides is 1. The molecule has 3 aromatic heterocycles. The van der Waals surface area contributed by atoms with Gasteiger partial charge in [-0.25, -0.2) is 15.0 Å². The summed E-state index contributed by atoms with van der Waals surface area (Å²) in [6.45, 7) is 10.6. The lowest BCUT2D eigenvalue weighted by Crippen LogP contribution is -2.35. The Hall–Kier alpha value is -0.790. The van der Waals surface area contributed by atoms with Gasteiger partial charge < -0.3 is 14.8 Å². The normalized spacial score (nSPS) is 15.2. The minimum Gasteiger partial charge on any atom is -0.379 e. The number of pyridine rings is 3. The molecule has 37 heavy (non-hydrogen) atoms. The topological polar surface area (TPSA) is 72.4 Å². The first-order valence-corrected chi connectivity index (χ1v) is 15.4. The highest BCUT2D eigenvalue weighted by Gasteiger charge is 2.10. The fourth-order valence-electron chi connectivity index (χ4n) is 2.97. The van der Waals surface area contributed by atoms with Crippen molar-refractivity contribution in [2.24, 2.45) is 0 Å². The highest BCUT2D eigenvalue weighted by molar-refractivity contribution is 9.11. The second-order valence-corrected chi connectivity index (χ2v) is 11.0. The molecular formula is C26H33Br4N5O2. The van der Waals surface area contributed by atoms with Gasteiger partial charge in [-0.1, -0.05) is 34.1 Å². The molecule has 2 aliphatic heterocycles. The van der Waals surface area contributed by atoms with Gasteiger partial charge in [-0.3, -0.25) is 4.90 Å². The fraction of sp³-hybridized carbons (Fsp3) is 0.423. The number of ether oxygens (including phenoxy) is 2. The van der Waals surface area contributed by atoms with Crippen LogP contribution in [0.4, 0.5) is 0 Å².